The van der Waals surface area contributed by atoms with E-state index in [1.54, 1.807) is 0 Å². The van der Waals surface area contributed by atoms with Crippen molar-refractivity contribution in [2.45, 2.75) is 27.7 Å². The number of aryl methyl sites for hydroxylation is 3. The van der Waals surface area contributed by atoms with Gasteiger partial charge < -0.3 is 0 Å². The van der Waals surface area contributed by atoms with Gasteiger partial charge in [-0.2, -0.15) is 0 Å². The summed E-state index contributed by atoms with van der Waals surface area (Å²) in [5.74, 6) is 0. The first kappa shape index (κ1) is 12.2. The number of benzene rings is 2. The number of rotatable bonds is 1. The van der Waals surface area contributed by atoms with Gasteiger partial charge in [0.25, 0.3) is 0 Å². The minimum atomic E-state index is 1.33. The highest BCUT2D eigenvalue weighted by molar-refractivity contribution is 5.85. The minimum Gasteiger partial charge on any atom is -0.0642 e. The molecule has 95 valence electrons. The van der Waals surface area contributed by atoms with Crippen LogP contribution in [0.1, 0.15) is 34.7 Å². The number of hydrogen-bond donors (Lipinski definition) is 0. The fourth-order valence-electron chi connectivity index (χ4n) is 3.04. The second-order valence-corrected chi connectivity index (χ2v) is 5.67. The zero-order valence-corrected chi connectivity index (χ0v) is 12.0. The molecule has 0 N–H and O–H groups in total. The molecule has 2 aromatic rings. The van der Waals surface area contributed by atoms with Crippen molar-refractivity contribution in [3.8, 4) is 11.1 Å². The molecule has 0 bridgehead atoms. The molecule has 0 unspecified atom stereocenters. The Kier molecular flexibility index (Phi) is 2.82. The smallest absolute Gasteiger partial charge is 0.0161 e. The van der Waals surface area contributed by atoms with Gasteiger partial charge in [-0.25, -0.2) is 0 Å². The fourth-order valence-corrected chi connectivity index (χ4v) is 3.04. The first-order valence-electron chi connectivity index (χ1n) is 6.80. The molecule has 2 aromatic carbocycles. The van der Waals surface area contributed by atoms with Crippen LogP contribution in [-0.2, 0) is 0 Å². The van der Waals surface area contributed by atoms with E-state index >= 15 is 0 Å². The molecule has 19 heavy (non-hydrogen) atoms. The SMILES string of the molecule is CC1=Cc2c(ccc(C)c2-c2cc(C)cc(C)c2)[CH]1. The summed E-state index contributed by atoms with van der Waals surface area (Å²) < 4.78 is 0. The molecular weight excluding hydrogens is 228 g/mol. The second kappa shape index (κ2) is 4.38. The molecule has 0 saturated heterocycles. The molecule has 0 amide bonds. The van der Waals surface area contributed by atoms with Gasteiger partial charge in [-0.05, 0) is 55.5 Å². The van der Waals surface area contributed by atoms with Crippen LogP contribution in [0.4, 0.5) is 0 Å². The van der Waals surface area contributed by atoms with Crippen molar-refractivity contribution >= 4 is 6.08 Å². The normalized spacial score (nSPS) is 13.4. The summed E-state index contributed by atoms with van der Waals surface area (Å²) in [4.78, 5) is 0. The topological polar surface area (TPSA) is 0 Å². The molecule has 0 saturated carbocycles. The van der Waals surface area contributed by atoms with Crippen molar-refractivity contribution in [2.75, 3.05) is 0 Å². The van der Waals surface area contributed by atoms with E-state index in [2.05, 4.69) is 70.5 Å². The van der Waals surface area contributed by atoms with E-state index in [4.69, 9.17) is 0 Å². The van der Waals surface area contributed by atoms with Crippen molar-refractivity contribution in [2.24, 2.45) is 0 Å². The molecule has 0 aromatic heterocycles. The largest absolute Gasteiger partial charge is 0.0642 e. The molecule has 1 radical (unpaired) electrons. The average Bonchev–Trinajstić information content (AvgIpc) is 2.67. The summed E-state index contributed by atoms with van der Waals surface area (Å²) in [5.41, 5.74) is 10.8. The van der Waals surface area contributed by atoms with Gasteiger partial charge in [-0.15, -0.1) is 0 Å². The van der Waals surface area contributed by atoms with Gasteiger partial charge in [0.15, 0.2) is 0 Å². The molecule has 0 atom stereocenters. The summed E-state index contributed by atoms with van der Waals surface area (Å²) in [7, 11) is 0. The summed E-state index contributed by atoms with van der Waals surface area (Å²) >= 11 is 0. The van der Waals surface area contributed by atoms with Crippen LogP contribution in [0.2, 0.25) is 0 Å². The van der Waals surface area contributed by atoms with Crippen LogP contribution in [-0.4, -0.2) is 0 Å². The van der Waals surface area contributed by atoms with E-state index < -0.39 is 0 Å². The highest BCUT2D eigenvalue weighted by Crippen LogP contribution is 2.37. The Morgan fingerprint density at radius 1 is 0.789 bits per heavy atom. The maximum Gasteiger partial charge on any atom is 0.0161 e. The van der Waals surface area contributed by atoms with Gasteiger partial charge in [0, 0.05) is 6.42 Å². The predicted molar refractivity (Wildman–Crippen MR) is 83.1 cm³/mol. The molecule has 0 heterocycles. The molecule has 3 rings (SSSR count). The van der Waals surface area contributed by atoms with Crippen LogP contribution in [0, 0.1) is 27.2 Å². The van der Waals surface area contributed by atoms with Crippen LogP contribution in [0.25, 0.3) is 17.2 Å². The van der Waals surface area contributed by atoms with Gasteiger partial charge in [0.05, 0.1) is 0 Å². The average molecular weight is 247 g/mol. The van der Waals surface area contributed by atoms with Gasteiger partial charge in [-0.3, -0.25) is 0 Å². The molecule has 0 nitrogen and oxygen atoms in total. The van der Waals surface area contributed by atoms with Crippen molar-refractivity contribution in [1.29, 1.82) is 0 Å². The maximum atomic E-state index is 2.30. The lowest BCUT2D eigenvalue weighted by atomic mass is 9.91. The Hall–Kier alpha value is -1.82. The monoisotopic (exact) mass is 247 g/mol. The number of hydrogen-bond acceptors (Lipinski definition) is 0. The van der Waals surface area contributed by atoms with E-state index in [1.165, 1.54) is 44.5 Å². The van der Waals surface area contributed by atoms with E-state index in [-0.39, 0.29) is 0 Å². The molecule has 0 fully saturated rings. The molecule has 1 aliphatic rings. The maximum absolute atomic E-state index is 2.30. The third-order valence-corrected chi connectivity index (χ3v) is 3.75. The fraction of sp³-hybridized carbons (Fsp3) is 0.211. The second-order valence-electron chi connectivity index (χ2n) is 5.67. The van der Waals surface area contributed by atoms with E-state index in [1.807, 2.05) is 0 Å². The Labute approximate surface area is 115 Å². The lowest BCUT2D eigenvalue weighted by molar-refractivity contribution is 1.35. The summed E-state index contributed by atoms with van der Waals surface area (Å²) in [6.07, 6.45) is 4.57. The summed E-state index contributed by atoms with van der Waals surface area (Å²) in [5, 5.41) is 0. The zero-order valence-electron chi connectivity index (χ0n) is 12.0. The summed E-state index contributed by atoms with van der Waals surface area (Å²) in [6.45, 7) is 8.71. The highest BCUT2D eigenvalue weighted by Gasteiger charge is 2.17. The van der Waals surface area contributed by atoms with Gasteiger partial charge >= 0.3 is 0 Å². The number of fused-ring (bicyclic) bond motifs is 1. The molecule has 1 aliphatic carbocycles. The third kappa shape index (κ3) is 2.12. The number of allylic oxidation sites excluding steroid dienone is 1. The van der Waals surface area contributed by atoms with Gasteiger partial charge in [-0.1, -0.05) is 53.1 Å². The van der Waals surface area contributed by atoms with E-state index in [0.29, 0.717) is 0 Å². The Bertz CT molecular complexity index is 667. The lowest BCUT2D eigenvalue weighted by Gasteiger charge is -2.13. The van der Waals surface area contributed by atoms with Gasteiger partial charge in [0.1, 0.15) is 0 Å². The highest BCUT2D eigenvalue weighted by atomic mass is 14.2. The predicted octanol–water partition coefficient (Wildman–Crippen LogP) is 5.25. The molecule has 0 heteroatoms. The minimum absolute atomic E-state index is 1.33. The van der Waals surface area contributed by atoms with Crippen LogP contribution >= 0.6 is 0 Å². The first-order valence-corrected chi connectivity index (χ1v) is 6.80. The lowest BCUT2D eigenvalue weighted by Crippen LogP contribution is -1.92. The van der Waals surface area contributed by atoms with E-state index in [9.17, 15) is 0 Å². The summed E-state index contributed by atoms with van der Waals surface area (Å²) in [6, 6.07) is 11.3. The Balaban J connectivity index is 2.28. The van der Waals surface area contributed by atoms with Gasteiger partial charge in [0.2, 0.25) is 0 Å². The van der Waals surface area contributed by atoms with Crippen molar-refractivity contribution in [3.63, 3.8) is 0 Å². The third-order valence-electron chi connectivity index (χ3n) is 3.75. The standard InChI is InChI=1S/C19H19/c1-12-7-13(2)10-17(9-12)19-15(4)5-6-16-8-14(3)11-18(16)19/h5-11H,1-4H3. The zero-order chi connectivity index (χ0) is 13.6. The van der Waals surface area contributed by atoms with Crippen LogP contribution in [0.3, 0.4) is 0 Å². The van der Waals surface area contributed by atoms with Crippen molar-refractivity contribution in [3.05, 3.63) is 70.1 Å². The molecule has 0 aliphatic heterocycles. The van der Waals surface area contributed by atoms with Crippen molar-refractivity contribution in [1.82, 2.24) is 0 Å². The van der Waals surface area contributed by atoms with Crippen molar-refractivity contribution < 1.29 is 0 Å². The van der Waals surface area contributed by atoms with Crippen LogP contribution in [0.5, 0.6) is 0 Å². The quantitative estimate of drug-likeness (QED) is 0.645. The Morgan fingerprint density at radius 2 is 1.47 bits per heavy atom. The van der Waals surface area contributed by atoms with Crippen LogP contribution < -0.4 is 0 Å². The van der Waals surface area contributed by atoms with Crippen LogP contribution in [0.15, 0.2) is 35.9 Å². The van der Waals surface area contributed by atoms with E-state index in [0.717, 1.165) is 0 Å². The molecule has 0 spiro atoms. The Morgan fingerprint density at radius 3 is 2.16 bits per heavy atom. The first-order chi connectivity index (χ1) is 9.04. The molecular formula is C19H19.